The molecule has 1 aromatic carbocycles. The van der Waals surface area contributed by atoms with Crippen molar-refractivity contribution in [1.82, 2.24) is 4.98 Å². The number of aromatic nitrogens is 1. The van der Waals surface area contributed by atoms with E-state index in [9.17, 15) is 9.59 Å². The summed E-state index contributed by atoms with van der Waals surface area (Å²) in [5.41, 5.74) is 6.63. The lowest BCUT2D eigenvalue weighted by Gasteiger charge is -2.05. The normalized spacial score (nSPS) is 9.89. The summed E-state index contributed by atoms with van der Waals surface area (Å²) in [6.45, 7) is 0. The molecular formula is C13H11N3O3. The molecule has 0 radical (unpaired) electrons. The number of carbonyl (C=O) groups is 2. The summed E-state index contributed by atoms with van der Waals surface area (Å²) in [6.07, 6.45) is 1.38. The Hall–Kier alpha value is -2.89. The van der Waals surface area contributed by atoms with E-state index in [1.54, 1.807) is 18.2 Å². The zero-order chi connectivity index (χ0) is 13.8. The third-order valence-electron chi connectivity index (χ3n) is 2.39. The van der Waals surface area contributed by atoms with E-state index >= 15 is 0 Å². The fourth-order valence-corrected chi connectivity index (χ4v) is 1.46. The van der Waals surface area contributed by atoms with Gasteiger partial charge in [0.1, 0.15) is 5.69 Å². The van der Waals surface area contributed by atoms with E-state index in [-0.39, 0.29) is 11.3 Å². The van der Waals surface area contributed by atoms with Gasteiger partial charge < -0.3 is 16.2 Å². The average Bonchev–Trinajstić information content (AvgIpc) is 2.39. The quantitative estimate of drug-likeness (QED) is 0.774. The molecule has 1 amide bonds. The topological polar surface area (TPSA) is 105 Å². The van der Waals surface area contributed by atoms with E-state index in [2.05, 4.69) is 10.3 Å². The van der Waals surface area contributed by atoms with Crippen LogP contribution in [0.1, 0.15) is 20.8 Å². The number of pyridine rings is 1. The minimum Gasteiger partial charge on any atom is -0.478 e. The third-order valence-corrected chi connectivity index (χ3v) is 2.39. The summed E-state index contributed by atoms with van der Waals surface area (Å²) in [5.74, 6) is -1.48. The highest BCUT2D eigenvalue weighted by molar-refractivity contribution is 6.03. The van der Waals surface area contributed by atoms with Gasteiger partial charge in [0.15, 0.2) is 0 Å². The maximum absolute atomic E-state index is 11.8. The molecule has 6 nitrogen and oxygen atoms in total. The summed E-state index contributed by atoms with van der Waals surface area (Å²) in [5, 5.41) is 11.4. The molecule has 0 saturated carbocycles. The molecule has 0 unspecified atom stereocenters. The molecule has 0 atom stereocenters. The number of hydrogen-bond acceptors (Lipinski definition) is 4. The van der Waals surface area contributed by atoms with Crippen molar-refractivity contribution in [3.8, 4) is 0 Å². The second kappa shape index (κ2) is 5.18. The molecule has 96 valence electrons. The van der Waals surface area contributed by atoms with Crippen LogP contribution in [0.4, 0.5) is 11.4 Å². The molecule has 1 heterocycles. The molecule has 4 N–H and O–H groups in total. The Balaban J connectivity index is 2.17. The monoisotopic (exact) mass is 257 g/mol. The van der Waals surface area contributed by atoms with Gasteiger partial charge in [-0.1, -0.05) is 6.07 Å². The third kappa shape index (κ3) is 3.06. The predicted octanol–water partition coefficient (Wildman–Crippen LogP) is 1.61. The Morgan fingerprint density at radius 3 is 2.63 bits per heavy atom. The summed E-state index contributed by atoms with van der Waals surface area (Å²) < 4.78 is 0. The van der Waals surface area contributed by atoms with Gasteiger partial charge in [-0.25, -0.2) is 9.78 Å². The van der Waals surface area contributed by atoms with Crippen LogP contribution in [-0.4, -0.2) is 22.0 Å². The summed E-state index contributed by atoms with van der Waals surface area (Å²) in [4.78, 5) is 26.5. The lowest BCUT2D eigenvalue weighted by Crippen LogP contribution is -2.14. The Bertz CT molecular complexity index is 623. The van der Waals surface area contributed by atoms with Crippen LogP contribution in [0.2, 0.25) is 0 Å². The van der Waals surface area contributed by atoms with Gasteiger partial charge in [-0.2, -0.15) is 0 Å². The van der Waals surface area contributed by atoms with E-state index in [0.717, 1.165) is 0 Å². The summed E-state index contributed by atoms with van der Waals surface area (Å²) >= 11 is 0. The van der Waals surface area contributed by atoms with E-state index in [0.29, 0.717) is 11.4 Å². The first-order valence-electron chi connectivity index (χ1n) is 5.42. The largest absolute Gasteiger partial charge is 0.478 e. The Morgan fingerprint density at radius 1 is 1.21 bits per heavy atom. The van der Waals surface area contributed by atoms with Crippen LogP contribution < -0.4 is 11.1 Å². The number of nitrogens with one attached hydrogen (secondary N) is 1. The van der Waals surface area contributed by atoms with Crippen molar-refractivity contribution in [1.29, 1.82) is 0 Å². The number of hydrogen-bond donors (Lipinski definition) is 3. The van der Waals surface area contributed by atoms with Crippen molar-refractivity contribution in [2.24, 2.45) is 0 Å². The zero-order valence-electron chi connectivity index (χ0n) is 9.83. The number of nitrogen functional groups attached to an aromatic ring is 1. The molecule has 0 aliphatic carbocycles. The first-order valence-corrected chi connectivity index (χ1v) is 5.42. The number of carbonyl (C=O) groups excluding carboxylic acids is 1. The highest BCUT2D eigenvalue weighted by atomic mass is 16.4. The van der Waals surface area contributed by atoms with E-state index < -0.39 is 11.9 Å². The first kappa shape index (κ1) is 12.6. The summed E-state index contributed by atoms with van der Waals surface area (Å²) in [6, 6.07) is 9.02. The lowest BCUT2D eigenvalue weighted by molar-refractivity contribution is 0.0696. The smallest absolute Gasteiger partial charge is 0.335 e. The highest BCUT2D eigenvalue weighted by Crippen LogP contribution is 2.12. The Kier molecular flexibility index (Phi) is 3.42. The number of carboxylic acid groups (broad SMARTS) is 1. The van der Waals surface area contributed by atoms with Crippen molar-refractivity contribution >= 4 is 23.3 Å². The summed E-state index contributed by atoms with van der Waals surface area (Å²) in [7, 11) is 0. The second-order valence-corrected chi connectivity index (χ2v) is 3.82. The van der Waals surface area contributed by atoms with Crippen molar-refractivity contribution in [3.05, 3.63) is 53.9 Å². The van der Waals surface area contributed by atoms with Crippen molar-refractivity contribution in [2.75, 3.05) is 11.1 Å². The molecule has 0 saturated heterocycles. The molecule has 0 bridgehead atoms. The standard InChI is InChI=1S/C13H11N3O3/c14-9-4-5-11(15-7-9)12(17)16-10-3-1-2-8(6-10)13(18)19/h1-7H,14H2,(H,16,17)(H,18,19). The van der Waals surface area contributed by atoms with Crippen LogP contribution >= 0.6 is 0 Å². The zero-order valence-corrected chi connectivity index (χ0v) is 9.83. The minimum atomic E-state index is -1.05. The van der Waals surface area contributed by atoms with Gasteiger partial charge >= 0.3 is 5.97 Å². The van der Waals surface area contributed by atoms with Gasteiger partial charge in [0, 0.05) is 5.69 Å². The molecule has 2 rings (SSSR count). The van der Waals surface area contributed by atoms with Crippen molar-refractivity contribution in [2.45, 2.75) is 0 Å². The van der Waals surface area contributed by atoms with E-state index in [1.807, 2.05) is 0 Å². The van der Waals surface area contributed by atoms with E-state index in [1.165, 1.54) is 24.4 Å². The lowest BCUT2D eigenvalue weighted by atomic mass is 10.2. The average molecular weight is 257 g/mol. The number of amides is 1. The van der Waals surface area contributed by atoms with Crippen LogP contribution in [0.3, 0.4) is 0 Å². The van der Waals surface area contributed by atoms with Gasteiger partial charge in [-0.15, -0.1) is 0 Å². The number of carboxylic acids is 1. The van der Waals surface area contributed by atoms with Gasteiger partial charge in [0.2, 0.25) is 0 Å². The van der Waals surface area contributed by atoms with Gasteiger partial charge in [-0.3, -0.25) is 4.79 Å². The first-order chi connectivity index (χ1) is 9.06. The maximum atomic E-state index is 11.8. The fraction of sp³-hybridized carbons (Fsp3) is 0. The molecule has 1 aromatic heterocycles. The number of anilines is 2. The number of nitrogens with two attached hydrogens (primary N) is 1. The number of rotatable bonds is 3. The molecular weight excluding hydrogens is 246 g/mol. The van der Waals surface area contributed by atoms with E-state index in [4.69, 9.17) is 10.8 Å². The minimum absolute atomic E-state index is 0.100. The molecule has 0 aliphatic rings. The highest BCUT2D eigenvalue weighted by Gasteiger charge is 2.09. The van der Waals surface area contributed by atoms with Gasteiger partial charge in [-0.05, 0) is 30.3 Å². The predicted molar refractivity (Wildman–Crippen MR) is 70.0 cm³/mol. The fourth-order valence-electron chi connectivity index (χ4n) is 1.46. The molecule has 0 aliphatic heterocycles. The number of aromatic carboxylic acids is 1. The molecule has 0 fully saturated rings. The molecule has 19 heavy (non-hydrogen) atoms. The Labute approximate surface area is 108 Å². The molecule has 2 aromatic rings. The van der Waals surface area contributed by atoms with Crippen molar-refractivity contribution in [3.63, 3.8) is 0 Å². The van der Waals surface area contributed by atoms with Crippen molar-refractivity contribution < 1.29 is 14.7 Å². The Morgan fingerprint density at radius 2 is 2.00 bits per heavy atom. The van der Waals surface area contributed by atoms with Crippen LogP contribution in [0.5, 0.6) is 0 Å². The number of benzene rings is 1. The van der Waals surface area contributed by atoms with Crippen LogP contribution in [0.15, 0.2) is 42.6 Å². The SMILES string of the molecule is Nc1ccc(C(=O)Nc2cccc(C(=O)O)c2)nc1. The maximum Gasteiger partial charge on any atom is 0.335 e. The second-order valence-electron chi connectivity index (χ2n) is 3.82. The van der Waals surface area contributed by atoms with Crippen LogP contribution in [0.25, 0.3) is 0 Å². The van der Waals surface area contributed by atoms with Gasteiger partial charge in [0.25, 0.3) is 5.91 Å². The van der Waals surface area contributed by atoms with Gasteiger partial charge in [0.05, 0.1) is 17.4 Å². The van der Waals surface area contributed by atoms with Crippen LogP contribution in [-0.2, 0) is 0 Å². The number of nitrogens with zero attached hydrogens (tertiary/aromatic N) is 1. The van der Waals surface area contributed by atoms with Crippen LogP contribution in [0, 0.1) is 0 Å². The molecule has 6 heteroatoms. The molecule has 0 spiro atoms.